The van der Waals surface area contributed by atoms with Crippen LogP contribution in [0.4, 0.5) is 16.2 Å². The van der Waals surface area contributed by atoms with Crippen LogP contribution in [0.1, 0.15) is 40.0 Å². The summed E-state index contributed by atoms with van der Waals surface area (Å²) in [6.07, 6.45) is 4.34. The predicted molar refractivity (Wildman–Crippen MR) is 124 cm³/mol. The van der Waals surface area contributed by atoms with Crippen LogP contribution in [0.2, 0.25) is 0 Å². The molecule has 0 atom stereocenters. The number of methoxy groups -OCH3 is 1. The van der Waals surface area contributed by atoms with Crippen molar-refractivity contribution in [2.24, 2.45) is 5.92 Å². The summed E-state index contributed by atoms with van der Waals surface area (Å²) in [6.45, 7) is 8.17. The minimum atomic E-state index is -0.476. The molecule has 1 N–H and O–H groups in total. The molecule has 0 bridgehead atoms. The molecule has 8 nitrogen and oxygen atoms in total. The van der Waals surface area contributed by atoms with Crippen molar-refractivity contribution in [3.8, 4) is 5.75 Å². The largest absolute Gasteiger partial charge is 0.497 e. The van der Waals surface area contributed by atoms with E-state index >= 15 is 0 Å². The van der Waals surface area contributed by atoms with Crippen molar-refractivity contribution in [1.82, 2.24) is 9.88 Å². The van der Waals surface area contributed by atoms with Crippen LogP contribution >= 0.6 is 0 Å². The second-order valence-electron chi connectivity index (χ2n) is 9.57. The summed E-state index contributed by atoms with van der Waals surface area (Å²) in [5.74, 6) is 1.24. The van der Waals surface area contributed by atoms with Crippen LogP contribution in [0.25, 0.3) is 10.9 Å². The topological polar surface area (TPSA) is 84.0 Å². The molecule has 2 aliphatic heterocycles. The SMILES string of the molecule is COc1ccc2ncc3c(c2c1)N(CCC1CCN(C(=O)OC(C)(C)C)CC1)CC(=O)N3. The summed E-state index contributed by atoms with van der Waals surface area (Å²) in [7, 11) is 1.65. The molecule has 0 aliphatic carbocycles. The number of anilines is 2. The zero-order valence-electron chi connectivity index (χ0n) is 19.3. The lowest BCUT2D eigenvalue weighted by molar-refractivity contribution is -0.115. The summed E-state index contributed by atoms with van der Waals surface area (Å²) >= 11 is 0. The second-order valence-corrected chi connectivity index (χ2v) is 9.57. The molecule has 0 unspecified atom stereocenters. The molecule has 3 heterocycles. The smallest absolute Gasteiger partial charge is 0.410 e. The van der Waals surface area contributed by atoms with E-state index in [4.69, 9.17) is 9.47 Å². The van der Waals surface area contributed by atoms with Gasteiger partial charge in [0.15, 0.2) is 0 Å². The Hall–Kier alpha value is -3.03. The van der Waals surface area contributed by atoms with E-state index in [1.807, 2.05) is 39.0 Å². The Morgan fingerprint density at radius 2 is 2.00 bits per heavy atom. The number of hydrogen-bond donors (Lipinski definition) is 1. The lowest BCUT2D eigenvalue weighted by Gasteiger charge is -2.36. The number of benzene rings is 1. The van der Waals surface area contributed by atoms with Crippen molar-refractivity contribution >= 4 is 34.3 Å². The number of amides is 2. The van der Waals surface area contributed by atoms with Gasteiger partial charge in [-0.15, -0.1) is 0 Å². The van der Waals surface area contributed by atoms with Crippen LogP contribution in [-0.4, -0.2) is 60.8 Å². The standard InChI is InChI=1S/C24H32N4O4/c1-24(2,3)32-23(30)27-10-7-16(8-11-27)9-12-28-15-21(29)26-20-14-25-19-6-5-17(31-4)13-18(19)22(20)28/h5-6,13-14,16H,7-12,15H2,1-4H3,(H,26,29). The van der Waals surface area contributed by atoms with Crippen LogP contribution in [0.15, 0.2) is 24.4 Å². The average Bonchev–Trinajstić information content (AvgIpc) is 2.75. The van der Waals surface area contributed by atoms with E-state index < -0.39 is 5.60 Å². The van der Waals surface area contributed by atoms with Crippen molar-refractivity contribution in [3.05, 3.63) is 24.4 Å². The minimum Gasteiger partial charge on any atom is -0.497 e. The van der Waals surface area contributed by atoms with Crippen LogP contribution in [0, 0.1) is 5.92 Å². The van der Waals surface area contributed by atoms with E-state index in [-0.39, 0.29) is 12.0 Å². The lowest BCUT2D eigenvalue weighted by Crippen LogP contribution is -2.43. The molecule has 1 saturated heterocycles. The van der Waals surface area contributed by atoms with E-state index in [1.165, 1.54) is 0 Å². The van der Waals surface area contributed by atoms with Crippen LogP contribution in [0.3, 0.4) is 0 Å². The number of piperidine rings is 1. The molecular weight excluding hydrogens is 408 g/mol. The predicted octanol–water partition coefficient (Wildman–Crippen LogP) is 4.04. The zero-order chi connectivity index (χ0) is 22.9. The maximum absolute atomic E-state index is 12.3. The molecule has 0 spiro atoms. The van der Waals surface area contributed by atoms with Crippen molar-refractivity contribution < 1.29 is 19.1 Å². The summed E-state index contributed by atoms with van der Waals surface area (Å²) in [5, 5.41) is 3.93. The third kappa shape index (κ3) is 4.89. The molecule has 1 fully saturated rings. The maximum atomic E-state index is 12.3. The van der Waals surface area contributed by atoms with Gasteiger partial charge in [0.1, 0.15) is 11.4 Å². The second kappa shape index (κ2) is 8.84. The summed E-state index contributed by atoms with van der Waals surface area (Å²) in [4.78, 5) is 33.1. The van der Waals surface area contributed by atoms with Crippen molar-refractivity contribution in [2.45, 2.75) is 45.6 Å². The molecule has 0 radical (unpaired) electrons. The first-order chi connectivity index (χ1) is 15.2. The Labute approximate surface area is 188 Å². The fourth-order valence-corrected chi connectivity index (χ4v) is 4.42. The van der Waals surface area contributed by atoms with Gasteiger partial charge in [0.05, 0.1) is 36.7 Å². The van der Waals surface area contributed by atoms with Gasteiger partial charge in [0, 0.05) is 25.0 Å². The quantitative estimate of drug-likeness (QED) is 0.773. The van der Waals surface area contributed by atoms with Gasteiger partial charge in [-0.3, -0.25) is 9.78 Å². The van der Waals surface area contributed by atoms with E-state index in [0.29, 0.717) is 25.6 Å². The Bertz CT molecular complexity index is 1010. The highest BCUT2D eigenvalue weighted by Crippen LogP contribution is 2.38. The first-order valence-electron chi connectivity index (χ1n) is 11.2. The summed E-state index contributed by atoms with van der Waals surface area (Å²) in [6, 6.07) is 5.81. The van der Waals surface area contributed by atoms with Crippen molar-refractivity contribution in [2.75, 3.05) is 43.5 Å². The fourth-order valence-electron chi connectivity index (χ4n) is 4.42. The lowest BCUT2D eigenvalue weighted by atomic mass is 9.93. The molecule has 1 aromatic heterocycles. The van der Waals surface area contributed by atoms with Gasteiger partial charge in [-0.05, 0) is 64.2 Å². The van der Waals surface area contributed by atoms with E-state index in [0.717, 1.165) is 53.8 Å². The van der Waals surface area contributed by atoms with Crippen molar-refractivity contribution in [1.29, 1.82) is 0 Å². The molecular formula is C24H32N4O4. The molecule has 1 aromatic carbocycles. The molecule has 4 rings (SSSR count). The number of hydrogen-bond acceptors (Lipinski definition) is 6. The number of ether oxygens (including phenoxy) is 2. The van der Waals surface area contributed by atoms with E-state index in [9.17, 15) is 9.59 Å². The van der Waals surface area contributed by atoms with Crippen LogP contribution < -0.4 is 15.0 Å². The van der Waals surface area contributed by atoms with Gasteiger partial charge in [0.2, 0.25) is 5.91 Å². The number of pyridine rings is 1. The fraction of sp³-hybridized carbons (Fsp3) is 0.542. The molecule has 2 aliphatic rings. The van der Waals surface area contributed by atoms with E-state index in [1.54, 1.807) is 18.2 Å². The van der Waals surface area contributed by atoms with Crippen molar-refractivity contribution in [3.63, 3.8) is 0 Å². The highest BCUT2D eigenvalue weighted by molar-refractivity contribution is 6.08. The molecule has 2 aromatic rings. The molecule has 0 saturated carbocycles. The summed E-state index contributed by atoms with van der Waals surface area (Å²) in [5.41, 5.74) is 2.13. The maximum Gasteiger partial charge on any atom is 0.410 e. The Balaban J connectivity index is 1.43. The summed E-state index contributed by atoms with van der Waals surface area (Å²) < 4.78 is 10.9. The number of carbonyl (C=O) groups is 2. The highest BCUT2D eigenvalue weighted by atomic mass is 16.6. The Morgan fingerprint density at radius 3 is 2.69 bits per heavy atom. The number of nitrogens with one attached hydrogen (secondary N) is 1. The first-order valence-corrected chi connectivity index (χ1v) is 11.2. The van der Waals surface area contributed by atoms with Gasteiger partial charge in [-0.2, -0.15) is 0 Å². The van der Waals surface area contributed by atoms with Gasteiger partial charge in [-0.1, -0.05) is 0 Å². The number of likely N-dealkylation sites (tertiary alicyclic amines) is 1. The van der Waals surface area contributed by atoms with Gasteiger partial charge in [-0.25, -0.2) is 4.79 Å². The van der Waals surface area contributed by atoms with Gasteiger partial charge < -0.3 is 24.6 Å². The van der Waals surface area contributed by atoms with E-state index in [2.05, 4.69) is 15.2 Å². The number of fused-ring (bicyclic) bond motifs is 3. The third-order valence-electron chi connectivity index (χ3n) is 6.04. The van der Waals surface area contributed by atoms with Gasteiger partial charge >= 0.3 is 6.09 Å². The molecule has 2 amide bonds. The monoisotopic (exact) mass is 440 g/mol. The molecule has 32 heavy (non-hydrogen) atoms. The number of nitrogens with zero attached hydrogens (tertiary/aromatic N) is 3. The Morgan fingerprint density at radius 1 is 1.25 bits per heavy atom. The number of rotatable bonds is 4. The molecule has 8 heteroatoms. The van der Waals surface area contributed by atoms with Crippen LogP contribution in [0.5, 0.6) is 5.75 Å². The highest BCUT2D eigenvalue weighted by Gasteiger charge is 2.29. The third-order valence-corrected chi connectivity index (χ3v) is 6.04. The number of carbonyl (C=O) groups excluding carboxylic acids is 2. The molecule has 172 valence electrons. The number of aromatic nitrogens is 1. The minimum absolute atomic E-state index is 0.0266. The Kier molecular flexibility index (Phi) is 6.13. The van der Waals surface area contributed by atoms with Crippen LogP contribution in [-0.2, 0) is 9.53 Å². The zero-order valence-corrected chi connectivity index (χ0v) is 19.3. The van der Waals surface area contributed by atoms with Gasteiger partial charge in [0.25, 0.3) is 0 Å². The average molecular weight is 441 g/mol. The first kappa shape index (κ1) is 22.2. The normalized spacial score (nSPS) is 17.2.